The maximum absolute atomic E-state index is 6.09. The van der Waals surface area contributed by atoms with Crippen molar-refractivity contribution in [2.24, 2.45) is 0 Å². The molecule has 122 valence electrons. The van der Waals surface area contributed by atoms with Crippen molar-refractivity contribution < 1.29 is 0 Å². The molecule has 0 bridgehead atoms. The van der Waals surface area contributed by atoms with Gasteiger partial charge in [-0.3, -0.25) is 0 Å². The van der Waals surface area contributed by atoms with Gasteiger partial charge in [-0.15, -0.1) is 0 Å². The topological polar surface area (TPSA) is 49.8 Å². The van der Waals surface area contributed by atoms with Crippen molar-refractivity contribution >= 4 is 29.1 Å². The minimum atomic E-state index is -0.0731. The second-order valence-electron chi connectivity index (χ2n) is 7.24. The number of benzene rings is 1. The Morgan fingerprint density at radius 2 is 1.87 bits per heavy atom. The summed E-state index contributed by atoms with van der Waals surface area (Å²) in [6, 6.07) is 7.94. The van der Waals surface area contributed by atoms with Crippen molar-refractivity contribution in [1.82, 2.24) is 9.97 Å². The summed E-state index contributed by atoms with van der Waals surface area (Å²) in [6.45, 7) is 8.32. The molecule has 0 unspecified atom stereocenters. The zero-order valence-electron chi connectivity index (χ0n) is 14.1. The van der Waals surface area contributed by atoms with Crippen molar-refractivity contribution in [2.45, 2.75) is 52.0 Å². The molecule has 4 nitrogen and oxygen atoms in total. The fourth-order valence-electron chi connectivity index (χ4n) is 2.38. The molecule has 1 aliphatic rings. The smallest absolute Gasteiger partial charge is 0.225 e. The van der Waals surface area contributed by atoms with Crippen molar-refractivity contribution in [1.29, 1.82) is 0 Å². The summed E-state index contributed by atoms with van der Waals surface area (Å²) in [4.78, 5) is 9.28. The van der Waals surface area contributed by atoms with Crippen LogP contribution in [-0.4, -0.2) is 15.5 Å². The largest absolute Gasteiger partial charge is 0.350 e. The molecule has 2 aromatic rings. The fourth-order valence-corrected chi connectivity index (χ4v) is 2.50. The highest BCUT2D eigenvalue weighted by Crippen LogP contribution is 2.40. The molecule has 1 saturated carbocycles. The van der Waals surface area contributed by atoms with Crippen LogP contribution in [0.15, 0.2) is 24.3 Å². The van der Waals surface area contributed by atoms with Gasteiger partial charge in [0.1, 0.15) is 5.82 Å². The van der Waals surface area contributed by atoms with Gasteiger partial charge in [-0.1, -0.05) is 11.6 Å². The van der Waals surface area contributed by atoms with E-state index in [1.54, 1.807) is 0 Å². The molecule has 0 amide bonds. The molecule has 0 radical (unpaired) electrons. The average Bonchev–Trinajstić information content (AvgIpc) is 3.25. The summed E-state index contributed by atoms with van der Waals surface area (Å²) in [5, 5.41) is 7.51. The summed E-state index contributed by atoms with van der Waals surface area (Å²) in [6.07, 6.45) is 2.43. The van der Waals surface area contributed by atoms with Crippen molar-refractivity contribution in [3.8, 4) is 0 Å². The molecule has 2 N–H and O–H groups in total. The Labute approximate surface area is 142 Å². The monoisotopic (exact) mass is 330 g/mol. The molecule has 5 heteroatoms. The maximum Gasteiger partial charge on any atom is 0.225 e. The first kappa shape index (κ1) is 16.1. The number of nitrogens with zero attached hydrogens (tertiary/aromatic N) is 2. The van der Waals surface area contributed by atoms with Crippen molar-refractivity contribution in [3.63, 3.8) is 0 Å². The Balaban J connectivity index is 1.89. The summed E-state index contributed by atoms with van der Waals surface area (Å²) < 4.78 is 0. The molecule has 1 fully saturated rings. The van der Waals surface area contributed by atoms with Crippen LogP contribution in [0.3, 0.4) is 0 Å². The van der Waals surface area contributed by atoms with Crippen molar-refractivity contribution in [3.05, 3.63) is 40.5 Å². The van der Waals surface area contributed by atoms with E-state index in [1.807, 2.05) is 25.1 Å². The van der Waals surface area contributed by atoms with Crippen LogP contribution in [0.5, 0.6) is 0 Å². The molecule has 3 rings (SSSR count). The minimum Gasteiger partial charge on any atom is -0.350 e. The predicted octanol–water partition coefficient (Wildman–Crippen LogP) is 5.27. The SMILES string of the molecule is Cc1cc(Nc2cc(C3CC3)nc(NC(C)(C)C)n2)ccc1Cl. The van der Waals surface area contributed by atoms with Gasteiger partial charge in [0.25, 0.3) is 0 Å². The van der Waals surface area contributed by atoms with Gasteiger partial charge in [-0.2, -0.15) is 4.98 Å². The second kappa shape index (κ2) is 6.00. The summed E-state index contributed by atoms with van der Waals surface area (Å²) in [7, 11) is 0. The van der Waals surface area contributed by atoms with Gasteiger partial charge in [0.05, 0.1) is 5.69 Å². The van der Waals surface area contributed by atoms with Gasteiger partial charge in [0.2, 0.25) is 5.95 Å². The highest BCUT2D eigenvalue weighted by Gasteiger charge is 2.26. The Kier molecular flexibility index (Phi) is 4.19. The lowest BCUT2D eigenvalue weighted by Crippen LogP contribution is -2.27. The Morgan fingerprint density at radius 3 is 2.48 bits per heavy atom. The summed E-state index contributed by atoms with van der Waals surface area (Å²) in [5.41, 5.74) is 3.06. The van der Waals surface area contributed by atoms with E-state index in [1.165, 1.54) is 12.8 Å². The van der Waals surface area contributed by atoms with Crippen LogP contribution in [0.4, 0.5) is 17.5 Å². The molecule has 0 spiro atoms. The molecule has 1 heterocycles. The van der Waals surface area contributed by atoms with Gasteiger partial charge < -0.3 is 10.6 Å². The molecule has 0 saturated heterocycles. The van der Waals surface area contributed by atoms with E-state index in [-0.39, 0.29) is 5.54 Å². The summed E-state index contributed by atoms with van der Waals surface area (Å²) in [5.74, 6) is 2.07. The van der Waals surface area contributed by atoms with Gasteiger partial charge in [-0.05, 0) is 64.3 Å². The van der Waals surface area contributed by atoms with E-state index < -0.39 is 0 Å². The third kappa shape index (κ3) is 4.35. The standard InChI is InChI=1S/C18H23ClN4/c1-11-9-13(7-8-14(11)19)20-16-10-15(12-5-6-12)21-17(22-16)23-18(2,3)4/h7-10,12H,5-6H2,1-4H3,(H2,20,21,22,23). The first-order chi connectivity index (χ1) is 10.8. The molecule has 0 atom stereocenters. The number of aromatic nitrogens is 2. The lowest BCUT2D eigenvalue weighted by Gasteiger charge is -2.21. The van der Waals surface area contributed by atoms with Gasteiger partial charge in [0.15, 0.2) is 0 Å². The van der Waals surface area contributed by atoms with Gasteiger partial charge >= 0.3 is 0 Å². The average molecular weight is 331 g/mol. The summed E-state index contributed by atoms with van der Waals surface area (Å²) >= 11 is 6.09. The van der Waals surface area contributed by atoms with Crippen LogP contribution in [0.25, 0.3) is 0 Å². The molecular weight excluding hydrogens is 308 g/mol. The lowest BCUT2D eigenvalue weighted by molar-refractivity contribution is 0.625. The molecule has 1 aliphatic carbocycles. The van der Waals surface area contributed by atoms with E-state index in [4.69, 9.17) is 11.6 Å². The zero-order chi connectivity index (χ0) is 16.6. The number of anilines is 3. The number of halogens is 1. The number of nitrogens with one attached hydrogen (secondary N) is 2. The molecule has 23 heavy (non-hydrogen) atoms. The minimum absolute atomic E-state index is 0.0731. The normalized spacial score (nSPS) is 14.7. The quantitative estimate of drug-likeness (QED) is 0.801. The van der Waals surface area contributed by atoms with Gasteiger partial charge in [0, 0.05) is 28.2 Å². The zero-order valence-corrected chi connectivity index (χ0v) is 14.8. The first-order valence-corrected chi connectivity index (χ1v) is 8.38. The van der Waals surface area contributed by atoms with Crippen molar-refractivity contribution in [2.75, 3.05) is 10.6 Å². The van der Waals surface area contributed by atoms with E-state index >= 15 is 0 Å². The van der Waals surface area contributed by atoms with Crippen LogP contribution in [0, 0.1) is 6.92 Å². The van der Waals surface area contributed by atoms with Crippen LogP contribution < -0.4 is 10.6 Å². The maximum atomic E-state index is 6.09. The lowest BCUT2D eigenvalue weighted by atomic mass is 10.1. The Hall–Kier alpha value is -1.81. The van der Waals surface area contributed by atoms with Gasteiger partial charge in [-0.25, -0.2) is 4.98 Å². The Bertz CT molecular complexity index is 717. The number of rotatable bonds is 4. The van der Waals surface area contributed by atoms with Crippen LogP contribution in [0.2, 0.25) is 5.02 Å². The second-order valence-corrected chi connectivity index (χ2v) is 7.65. The van der Waals surface area contributed by atoms with E-state index in [2.05, 4.69) is 47.4 Å². The van der Waals surface area contributed by atoms with Crippen LogP contribution >= 0.6 is 11.6 Å². The highest BCUT2D eigenvalue weighted by atomic mass is 35.5. The molecular formula is C18H23ClN4. The number of hydrogen-bond donors (Lipinski definition) is 2. The van der Waals surface area contributed by atoms with Crippen LogP contribution in [0.1, 0.15) is 50.8 Å². The first-order valence-electron chi connectivity index (χ1n) is 8.00. The number of aryl methyl sites for hydroxylation is 1. The third-order valence-electron chi connectivity index (χ3n) is 3.66. The van der Waals surface area contributed by atoms with E-state index in [0.29, 0.717) is 11.9 Å². The Morgan fingerprint density at radius 1 is 1.13 bits per heavy atom. The molecule has 1 aromatic carbocycles. The number of hydrogen-bond acceptors (Lipinski definition) is 4. The highest BCUT2D eigenvalue weighted by molar-refractivity contribution is 6.31. The molecule has 0 aliphatic heterocycles. The van der Waals surface area contributed by atoms with Crippen LogP contribution in [-0.2, 0) is 0 Å². The third-order valence-corrected chi connectivity index (χ3v) is 4.08. The fraction of sp³-hybridized carbons (Fsp3) is 0.444. The molecule has 1 aromatic heterocycles. The predicted molar refractivity (Wildman–Crippen MR) is 96.9 cm³/mol. The van der Waals surface area contributed by atoms with E-state index in [9.17, 15) is 0 Å². The van der Waals surface area contributed by atoms with E-state index in [0.717, 1.165) is 27.8 Å².